The molecule has 1 N–H and O–H groups in total. The van der Waals surface area contributed by atoms with Crippen molar-refractivity contribution in [2.45, 2.75) is 67.7 Å². The average molecular weight is 334 g/mol. The lowest BCUT2D eigenvalue weighted by atomic mass is 10.2. The molecule has 0 fully saturated rings. The second-order valence-corrected chi connectivity index (χ2v) is 7.83. The zero-order chi connectivity index (χ0) is 18.0. The number of hydrogen-bond donors (Lipinski definition) is 1. The molecule has 0 amide bonds. The Balaban J connectivity index is 5.04. The van der Waals surface area contributed by atoms with Crippen LogP contribution in [-0.4, -0.2) is 43.8 Å². The lowest BCUT2D eigenvalue weighted by Gasteiger charge is -2.36. The maximum atomic E-state index is 10.9. The monoisotopic (exact) mass is 334 g/mol. The normalized spacial score (nSPS) is 13.3. The van der Waals surface area contributed by atoms with Crippen LogP contribution >= 0.6 is 0 Å². The summed E-state index contributed by atoms with van der Waals surface area (Å²) in [5.41, 5.74) is 0. The molecule has 0 aromatic heterocycles. The zero-order valence-electron chi connectivity index (χ0n) is 16.3. The first-order valence-electron chi connectivity index (χ1n) is 8.80. The van der Waals surface area contributed by atoms with E-state index in [0.29, 0.717) is 38.3 Å². The summed E-state index contributed by atoms with van der Waals surface area (Å²) in [4.78, 5) is 0. The molecule has 0 unspecified atom stereocenters. The van der Waals surface area contributed by atoms with E-state index < -0.39 is 12.3 Å². The summed E-state index contributed by atoms with van der Waals surface area (Å²) >= 11 is 0. The number of hydrogen-bond acceptors (Lipinski definition) is 5. The molecule has 0 atom stereocenters. The number of ether oxygens (including phenoxy) is 4. The van der Waals surface area contributed by atoms with Gasteiger partial charge in [0.2, 0.25) is 6.29 Å². The zero-order valence-corrected chi connectivity index (χ0v) is 16.3. The molecule has 0 bridgehead atoms. The Kier molecular flexibility index (Phi) is 11.3. The SMILES string of the molecule is CC(C)COC(OCC(C)C)C(O)(OCC(C)C)OCC(C)C. The fourth-order valence-corrected chi connectivity index (χ4v) is 1.57. The van der Waals surface area contributed by atoms with Crippen LogP contribution in [0.1, 0.15) is 55.4 Å². The molecule has 0 aliphatic rings. The Bertz CT molecular complexity index is 265. The summed E-state index contributed by atoms with van der Waals surface area (Å²) < 4.78 is 22.8. The Hall–Kier alpha value is -0.200. The molecule has 0 aromatic carbocycles. The first-order valence-corrected chi connectivity index (χ1v) is 8.80. The van der Waals surface area contributed by atoms with Crippen LogP contribution in [0.15, 0.2) is 0 Å². The second-order valence-electron chi connectivity index (χ2n) is 7.83. The molecule has 0 radical (unpaired) electrons. The average Bonchev–Trinajstić information content (AvgIpc) is 2.42. The molecule has 23 heavy (non-hydrogen) atoms. The van der Waals surface area contributed by atoms with Crippen LogP contribution < -0.4 is 0 Å². The number of aliphatic hydroxyl groups is 1. The molecule has 0 rings (SSSR count). The van der Waals surface area contributed by atoms with E-state index in [1.165, 1.54) is 0 Å². The van der Waals surface area contributed by atoms with Crippen LogP contribution in [0.3, 0.4) is 0 Å². The van der Waals surface area contributed by atoms with E-state index in [1.54, 1.807) is 0 Å². The topological polar surface area (TPSA) is 57.2 Å². The van der Waals surface area contributed by atoms with Crippen LogP contribution in [0.4, 0.5) is 0 Å². The van der Waals surface area contributed by atoms with E-state index in [9.17, 15) is 5.11 Å². The van der Waals surface area contributed by atoms with Crippen molar-refractivity contribution in [1.82, 2.24) is 0 Å². The van der Waals surface area contributed by atoms with Gasteiger partial charge in [-0.05, 0) is 23.7 Å². The van der Waals surface area contributed by atoms with Crippen LogP contribution in [0.2, 0.25) is 0 Å². The van der Waals surface area contributed by atoms with E-state index in [-0.39, 0.29) is 11.8 Å². The van der Waals surface area contributed by atoms with Gasteiger partial charge in [-0.25, -0.2) is 0 Å². The lowest BCUT2D eigenvalue weighted by Crippen LogP contribution is -2.52. The van der Waals surface area contributed by atoms with Gasteiger partial charge in [-0.1, -0.05) is 55.4 Å². The third-order valence-electron chi connectivity index (χ3n) is 2.71. The van der Waals surface area contributed by atoms with E-state index in [1.807, 2.05) is 55.4 Å². The standard InChI is InChI=1S/C18H38O5/c1-13(2)9-20-17(21-10-14(3)4)18(19,22-11-15(5)6)23-12-16(7)8/h13-17,19H,9-12H2,1-8H3. The smallest absolute Gasteiger partial charge is 0.334 e. The van der Waals surface area contributed by atoms with Crippen LogP contribution in [0, 0.1) is 23.7 Å². The molecule has 5 heteroatoms. The largest absolute Gasteiger partial charge is 0.345 e. The quantitative estimate of drug-likeness (QED) is 0.521. The minimum absolute atomic E-state index is 0.264. The highest BCUT2D eigenvalue weighted by Gasteiger charge is 2.42. The first-order chi connectivity index (χ1) is 10.6. The maximum Gasteiger partial charge on any atom is 0.334 e. The van der Waals surface area contributed by atoms with Gasteiger partial charge in [0, 0.05) is 0 Å². The van der Waals surface area contributed by atoms with Gasteiger partial charge < -0.3 is 24.1 Å². The van der Waals surface area contributed by atoms with Crippen molar-refractivity contribution in [1.29, 1.82) is 0 Å². The van der Waals surface area contributed by atoms with Gasteiger partial charge >= 0.3 is 5.97 Å². The summed E-state index contributed by atoms with van der Waals surface area (Å²) in [7, 11) is 0. The molecule has 0 saturated heterocycles. The van der Waals surface area contributed by atoms with Gasteiger partial charge in [-0.3, -0.25) is 0 Å². The summed E-state index contributed by atoms with van der Waals surface area (Å²) in [5, 5.41) is 10.9. The van der Waals surface area contributed by atoms with Crippen molar-refractivity contribution >= 4 is 0 Å². The number of rotatable bonds is 13. The van der Waals surface area contributed by atoms with Crippen molar-refractivity contribution in [2.24, 2.45) is 23.7 Å². The van der Waals surface area contributed by atoms with E-state index in [4.69, 9.17) is 18.9 Å². The van der Waals surface area contributed by atoms with Crippen molar-refractivity contribution < 1.29 is 24.1 Å². The lowest BCUT2D eigenvalue weighted by molar-refractivity contribution is -0.447. The van der Waals surface area contributed by atoms with E-state index >= 15 is 0 Å². The van der Waals surface area contributed by atoms with Crippen LogP contribution in [-0.2, 0) is 18.9 Å². The van der Waals surface area contributed by atoms with Crippen molar-refractivity contribution in [3.05, 3.63) is 0 Å². The predicted octanol–water partition coefficient (Wildman–Crippen LogP) is 3.65. The molecule has 0 saturated carbocycles. The minimum atomic E-state index is -1.89. The first kappa shape index (κ1) is 22.8. The van der Waals surface area contributed by atoms with Gasteiger partial charge in [0.25, 0.3) is 0 Å². The molecule has 0 aromatic rings. The molecule has 0 aliphatic heterocycles. The molecule has 5 nitrogen and oxygen atoms in total. The third-order valence-corrected chi connectivity index (χ3v) is 2.71. The fourth-order valence-electron chi connectivity index (χ4n) is 1.57. The molecular weight excluding hydrogens is 296 g/mol. The van der Waals surface area contributed by atoms with Gasteiger partial charge in [-0.2, -0.15) is 0 Å². The maximum absolute atomic E-state index is 10.9. The summed E-state index contributed by atoms with van der Waals surface area (Å²) in [6.07, 6.45) is -0.968. The molecule has 140 valence electrons. The summed E-state index contributed by atoms with van der Waals surface area (Å²) in [6, 6.07) is 0. The highest BCUT2D eigenvalue weighted by Crippen LogP contribution is 2.23. The van der Waals surface area contributed by atoms with E-state index in [2.05, 4.69) is 0 Å². The van der Waals surface area contributed by atoms with Gasteiger partial charge in [0.15, 0.2) is 0 Å². The van der Waals surface area contributed by atoms with Crippen LogP contribution in [0.5, 0.6) is 0 Å². The molecule has 0 aliphatic carbocycles. The Morgan fingerprint density at radius 3 is 1.17 bits per heavy atom. The van der Waals surface area contributed by atoms with Gasteiger partial charge in [0.1, 0.15) is 0 Å². The summed E-state index contributed by atoms with van der Waals surface area (Å²) in [5.74, 6) is -0.725. The Morgan fingerprint density at radius 2 is 0.913 bits per heavy atom. The predicted molar refractivity (Wildman–Crippen MR) is 91.9 cm³/mol. The fraction of sp³-hybridized carbons (Fsp3) is 1.00. The van der Waals surface area contributed by atoms with Crippen LogP contribution in [0.25, 0.3) is 0 Å². The van der Waals surface area contributed by atoms with Crippen molar-refractivity contribution in [2.75, 3.05) is 26.4 Å². The molecule has 0 heterocycles. The highest BCUT2D eigenvalue weighted by atomic mass is 16.9. The third kappa shape index (κ3) is 11.1. The Morgan fingerprint density at radius 1 is 0.609 bits per heavy atom. The van der Waals surface area contributed by atoms with Gasteiger partial charge in [0.05, 0.1) is 26.4 Å². The Labute approximate surface area is 142 Å². The second kappa shape index (κ2) is 11.4. The molecular formula is C18H38O5. The minimum Gasteiger partial charge on any atom is -0.345 e. The van der Waals surface area contributed by atoms with Gasteiger partial charge in [-0.15, -0.1) is 0 Å². The van der Waals surface area contributed by atoms with Crippen molar-refractivity contribution in [3.63, 3.8) is 0 Å². The highest BCUT2D eigenvalue weighted by molar-refractivity contribution is 4.64. The molecule has 0 spiro atoms. The summed E-state index contributed by atoms with van der Waals surface area (Å²) in [6.45, 7) is 17.9. The van der Waals surface area contributed by atoms with E-state index in [0.717, 1.165) is 0 Å². The van der Waals surface area contributed by atoms with Crippen molar-refractivity contribution in [3.8, 4) is 0 Å².